The van der Waals surface area contributed by atoms with E-state index in [1.165, 1.54) is 10.4 Å². The molecule has 1 aromatic carbocycles. The van der Waals surface area contributed by atoms with Crippen molar-refractivity contribution in [2.75, 3.05) is 0 Å². The van der Waals surface area contributed by atoms with Gasteiger partial charge in [-0.2, -0.15) is 0 Å². The lowest BCUT2D eigenvalue weighted by molar-refractivity contribution is 0.653. The lowest BCUT2D eigenvalue weighted by Gasteiger charge is -2.02. The molecule has 0 aliphatic carbocycles. The molecule has 0 N–H and O–H groups in total. The molecule has 0 aliphatic rings. The Hall–Kier alpha value is -3.25. The van der Waals surface area contributed by atoms with Gasteiger partial charge in [0.1, 0.15) is 11.1 Å². The molecule has 0 bridgehead atoms. The van der Waals surface area contributed by atoms with Crippen LogP contribution in [0.25, 0.3) is 50.0 Å². The Balaban J connectivity index is 1.65. The summed E-state index contributed by atoms with van der Waals surface area (Å²) in [4.78, 5) is 15.4. The first-order chi connectivity index (χ1) is 14.0. The molecule has 0 unspecified atom stereocenters. The highest BCUT2D eigenvalue weighted by Gasteiger charge is 2.17. The molecular weight excluding hydrogens is 380 g/mol. The van der Waals surface area contributed by atoms with Crippen LogP contribution in [0.2, 0.25) is 0 Å². The second kappa shape index (κ2) is 5.64. The molecule has 0 amide bonds. The average molecular weight is 398 g/mol. The quantitative estimate of drug-likeness (QED) is 0.334. The van der Waals surface area contributed by atoms with Gasteiger partial charge in [0, 0.05) is 32.5 Å². The van der Waals surface area contributed by atoms with Gasteiger partial charge >= 0.3 is 0 Å². The van der Waals surface area contributed by atoms with Crippen LogP contribution < -0.4 is 0 Å². The summed E-state index contributed by atoms with van der Waals surface area (Å²) in [5.41, 5.74) is 9.72. The second-order valence-corrected chi connectivity index (χ2v) is 8.75. The van der Waals surface area contributed by atoms with E-state index in [0.717, 1.165) is 55.6 Å². The van der Waals surface area contributed by atoms with Crippen molar-refractivity contribution in [3.8, 4) is 11.3 Å². The summed E-state index contributed by atoms with van der Waals surface area (Å²) in [6.45, 7) is 8.34. The van der Waals surface area contributed by atoms with Crippen LogP contribution in [0.3, 0.4) is 0 Å². The third-order valence-electron chi connectivity index (χ3n) is 5.80. The maximum absolute atomic E-state index is 6.21. The Morgan fingerprint density at radius 3 is 2.72 bits per heavy atom. The van der Waals surface area contributed by atoms with E-state index in [-0.39, 0.29) is 0 Å². The molecule has 142 valence electrons. The predicted octanol–water partition coefficient (Wildman–Crippen LogP) is 6.14. The lowest BCUT2D eigenvalue weighted by atomic mass is 10.1. The molecule has 0 radical (unpaired) electrons. The van der Waals surface area contributed by atoms with Gasteiger partial charge in [0.25, 0.3) is 0 Å². The number of benzene rings is 1. The fraction of sp³-hybridized carbons (Fsp3) is 0.174. The van der Waals surface area contributed by atoms with E-state index < -0.39 is 0 Å². The van der Waals surface area contributed by atoms with Gasteiger partial charge in [0.05, 0.1) is 17.4 Å². The van der Waals surface area contributed by atoms with Crippen LogP contribution in [0.5, 0.6) is 0 Å². The molecule has 0 fully saturated rings. The molecular formula is C23H18N4OS. The number of furan rings is 1. The first-order valence-electron chi connectivity index (χ1n) is 9.56. The largest absolute Gasteiger partial charge is 0.437 e. The van der Waals surface area contributed by atoms with Crippen molar-refractivity contribution in [3.63, 3.8) is 0 Å². The zero-order valence-electron chi connectivity index (χ0n) is 16.6. The van der Waals surface area contributed by atoms with Crippen molar-refractivity contribution in [1.29, 1.82) is 0 Å². The molecule has 29 heavy (non-hydrogen) atoms. The van der Waals surface area contributed by atoms with Crippen LogP contribution >= 0.6 is 11.5 Å². The molecule has 5 nitrogen and oxygen atoms in total. The summed E-state index contributed by atoms with van der Waals surface area (Å²) in [5, 5.41) is 2.11. The summed E-state index contributed by atoms with van der Waals surface area (Å²) in [7, 11) is 0. The van der Waals surface area contributed by atoms with Crippen molar-refractivity contribution < 1.29 is 4.42 Å². The fourth-order valence-electron chi connectivity index (χ4n) is 3.91. The van der Waals surface area contributed by atoms with Crippen LogP contribution in [-0.4, -0.2) is 18.7 Å². The summed E-state index contributed by atoms with van der Waals surface area (Å²) in [6.07, 6.45) is 1.85. The average Bonchev–Trinajstić information content (AvgIpc) is 3.33. The van der Waals surface area contributed by atoms with E-state index in [1.807, 2.05) is 13.1 Å². The van der Waals surface area contributed by atoms with E-state index in [0.29, 0.717) is 5.71 Å². The Labute approximate surface area is 170 Å². The van der Waals surface area contributed by atoms with Gasteiger partial charge in [0.15, 0.2) is 5.65 Å². The van der Waals surface area contributed by atoms with Crippen LogP contribution in [-0.2, 0) is 0 Å². The number of fused-ring (bicyclic) bond motifs is 6. The standard InChI is InChI=1S/C23H18N4OS/c1-11-8-17-15-6-5-7-16(21(15)28-23(17)25-13(11)3)18-9-20-19(10-24-18)26-22-12(2)14(4)29-27(20)22/h5-10H,1-4H3. The Bertz CT molecular complexity index is 1600. The highest BCUT2D eigenvalue weighted by molar-refractivity contribution is 7.07. The van der Waals surface area contributed by atoms with E-state index >= 15 is 0 Å². The molecule has 5 heterocycles. The van der Waals surface area contributed by atoms with Crippen LogP contribution in [0, 0.1) is 27.7 Å². The molecule has 6 rings (SSSR count). The number of pyridine rings is 2. The van der Waals surface area contributed by atoms with E-state index in [4.69, 9.17) is 14.4 Å². The normalized spacial score (nSPS) is 12.1. The molecule has 0 saturated carbocycles. The number of para-hydroxylation sites is 1. The first-order valence-corrected chi connectivity index (χ1v) is 10.3. The number of hydrogen-bond donors (Lipinski definition) is 0. The molecule has 5 aromatic heterocycles. The highest BCUT2D eigenvalue weighted by Crippen LogP contribution is 2.36. The van der Waals surface area contributed by atoms with Crippen LogP contribution in [0.15, 0.2) is 40.9 Å². The topological polar surface area (TPSA) is 56.2 Å². The van der Waals surface area contributed by atoms with Crippen molar-refractivity contribution in [3.05, 3.63) is 58.2 Å². The SMILES string of the molecule is Cc1cc2c(nc1C)oc1c(-c3cc4c(cn3)nc3c(C)c(C)sn34)cccc12. The predicted molar refractivity (Wildman–Crippen MR) is 118 cm³/mol. The zero-order valence-corrected chi connectivity index (χ0v) is 17.4. The van der Waals surface area contributed by atoms with Gasteiger partial charge in [-0.3, -0.25) is 4.98 Å². The molecule has 0 saturated heterocycles. The third kappa shape index (κ3) is 2.23. The number of aromatic nitrogens is 4. The number of rotatable bonds is 1. The fourth-order valence-corrected chi connectivity index (χ4v) is 4.92. The molecule has 6 aromatic rings. The summed E-state index contributed by atoms with van der Waals surface area (Å²) in [5.74, 6) is 0. The first kappa shape index (κ1) is 16.7. The van der Waals surface area contributed by atoms with Gasteiger partial charge in [-0.15, -0.1) is 0 Å². The van der Waals surface area contributed by atoms with Crippen molar-refractivity contribution >= 4 is 50.3 Å². The molecule has 0 spiro atoms. The number of aryl methyl sites for hydroxylation is 4. The van der Waals surface area contributed by atoms with Crippen molar-refractivity contribution in [2.24, 2.45) is 0 Å². The van der Waals surface area contributed by atoms with Gasteiger partial charge in [-0.05, 0) is 51.5 Å². The minimum Gasteiger partial charge on any atom is -0.437 e. The Morgan fingerprint density at radius 2 is 1.86 bits per heavy atom. The Morgan fingerprint density at radius 1 is 1.00 bits per heavy atom. The monoisotopic (exact) mass is 398 g/mol. The number of imidazole rings is 1. The highest BCUT2D eigenvalue weighted by atomic mass is 32.1. The zero-order chi connectivity index (χ0) is 19.9. The minimum absolute atomic E-state index is 0.674. The maximum Gasteiger partial charge on any atom is 0.227 e. The molecule has 6 heteroatoms. The summed E-state index contributed by atoms with van der Waals surface area (Å²) in [6, 6.07) is 10.5. The van der Waals surface area contributed by atoms with Gasteiger partial charge in [-0.25, -0.2) is 13.8 Å². The minimum atomic E-state index is 0.674. The van der Waals surface area contributed by atoms with Crippen molar-refractivity contribution in [1.82, 2.24) is 18.7 Å². The summed E-state index contributed by atoms with van der Waals surface area (Å²) < 4.78 is 8.40. The van der Waals surface area contributed by atoms with Gasteiger partial charge in [-0.1, -0.05) is 23.7 Å². The van der Waals surface area contributed by atoms with Gasteiger partial charge in [0.2, 0.25) is 5.71 Å². The number of hydrogen-bond acceptors (Lipinski definition) is 5. The van der Waals surface area contributed by atoms with Gasteiger partial charge < -0.3 is 4.42 Å². The molecule has 0 atom stereocenters. The number of nitrogens with zero attached hydrogens (tertiary/aromatic N) is 4. The van der Waals surface area contributed by atoms with Crippen LogP contribution in [0.1, 0.15) is 21.7 Å². The van der Waals surface area contributed by atoms with Crippen LogP contribution in [0.4, 0.5) is 0 Å². The third-order valence-corrected chi connectivity index (χ3v) is 6.93. The smallest absolute Gasteiger partial charge is 0.227 e. The summed E-state index contributed by atoms with van der Waals surface area (Å²) >= 11 is 1.72. The van der Waals surface area contributed by atoms with E-state index in [1.54, 1.807) is 11.5 Å². The maximum atomic E-state index is 6.21. The lowest BCUT2D eigenvalue weighted by Crippen LogP contribution is -1.85. The van der Waals surface area contributed by atoms with E-state index in [9.17, 15) is 0 Å². The second-order valence-electron chi connectivity index (χ2n) is 7.59. The molecule has 0 aliphatic heterocycles. The van der Waals surface area contributed by atoms with E-state index in [2.05, 4.69) is 59.9 Å². The van der Waals surface area contributed by atoms with Crippen molar-refractivity contribution in [2.45, 2.75) is 27.7 Å². The Kier molecular flexibility index (Phi) is 3.24.